The number of benzene rings is 1. The average molecular weight is 232 g/mol. The maximum Gasteiger partial charge on any atom is 0.224 e. The Bertz CT molecular complexity index is 399. The van der Waals surface area contributed by atoms with E-state index in [0.717, 1.165) is 19.3 Å². The Morgan fingerprint density at radius 3 is 2.88 bits per heavy atom. The molecule has 1 fully saturated rings. The molecule has 0 spiro atoms. The van der Waals surface area contributed by atoms with Gasteiger partial charge in [-0.15, -0.1) is 0 Å². The molecule has 0 saturated heterocycles. The van der Waals surface area contributed by atoms with Crippen molar-refractivity contribution in [1.29, 1.82) is 0 Å². The minimum absolute atomic E-state index is 0.0996. The molecule has 1 amide bonds. The summed E-state index contributed by atoms with van der Waals surface area (Å²) in [4.78, 5) is 11.9. The predicted octanol–water partition coefficient (Wildman–Crippen LogP) is 1.39. The lowest BCUT2D eigenvalue weighted by Crippen LogP contribution is -2.37. The van der Waals surface area contributed by atoms with Crippen molar-refractivity contribution >= 4 is 5.91 Å². The van der Waals surface area contributed by atoms with Gasteiger partial charge in [-0.1, -0.05) is 29.8 Å². The van der Waals surface area contributed by atoms with Crippen molar-refractivity contribution in [2.24, 2.45) is 11.7 Å². The molecule has 0 bridgehead atoms. The van der Waals surface area contributed by atoms with Crippen molar-refractivity contribution in [3.63, 3.8) is 0 Å². The molecule has 0 aliphatic heterocycles. The molecule has 1 aromatic carbocycles. The van der Waals surface area contributed by atoms with Crippen molar-refractivity contribution in [1.82, 2.24) is 5.32 Å². The minimum Gasteiger partial charge on any atom is -0.353 e. The van der Waals surface area contributed by atoms with Gasteiger partial charge in [0.2, 0.25) is 5.91 Å². The highest BCUT2D eigenvalue weighted by atomic mass is 16.2. The first kappa shape index (κ1) is 12.1. The van der Waals surface area contributed by atoms with Crippen LogP contribution in [0.5, 0.6) is 0 Å². The number of nitrogens with one attached hydrogen (secondary N) is 1. The van der Waals surface area contributed by atoms with E-state index in [9.17, 15) is 4.79 Å². The highest BCUT2D eigenvalue weighted by Gasteiger charge is 2.26. The van der Waals surface area contributed by atoms with Crippen LogP contribution in [-0.2, 0) is 11.2 Å². The Morgan fingerprint density at radius 2 is 2.29 bits per heavy atom. The van der Waals surface area contributed by atoms with Crippen LogP contribution < -0.4 is 11.1 Å². The highest BCUT2D eigenvalue weighted by Crippen LogP contribution is 2.20. The number of rotatable bonds is 5. The second-order valence-corrected chi connectivity index (χ2v) is 4.91. The highest BCUT2D eigenvalue weighted by molar-refractivity contribution is 5.79. The van der Waals surface area contributed by atoms with E-state index in [-0.39, 0.29) is 11.8 Å². The van der Waals surface area contributed by atoms with Gasteiger partial charge in [0.1, 0.15) is 0 Å². The summed E-state index contributed by atoms with van der Waals surface area (Å²) in [5, 5.41) is 3.02. The van der Waals surface area contributed by atoms with Crippen LogP contribution in [0, 0.1) is 12.8 Å². The molecule has 3 nitrogen and oxygen atoms in total. The summed E-state index contributed by atoms with van der Waals surface area (Å²) < 4.78 is 0. The number of aryl methyl sites for hydroxylation is 1. The van der Waals surface area contributed by atoms with E-state index in [1.165, 1.54) is 11.1 Å². The molecule has 1 aromatic rings. The van der Waals surface area contributed by atoms with E-state index in [2.05, 4.69) is 30.4 Å². The van der Waals surface area contributed by atoms with E-state index in [1.54, 1.807) is 0 Å². The van der Waals surface area contributed by atoms with Gasteiger partial charge in [0, 0.05) is 12.6 Å². The zero-order valence-electron chi connectivity index (χ0n) is 10.3. The molecule has 1 saturated carbocycles. The van der Waals surface area contributed by atoms with Gasteiger partial charge in [0.05, 0.1) is 5.92 Å². The quantitative estimate of drug-likeness (QED) is 0.806. The Labute approximate surface area is 102 Å². The van der Waals surface area contributed by atoms with Gasteiger partial charge < -0.3 is 11.1 Å². The lowest BCUT2D eigenvalue weighted by atomic mass is 9.97. The van der Waals surface area contributed by atoms with Crippen molar-refractivity contribution < 1.29 is 4.79 Å². The number of hydrogen-bond donors (Lipinski definition) is 2. The first-order valence-electron chi connectivity index (χ1n) is 6.25. The van der Waals surface area contributed by atoms with Gasteiger partial charge in [-0.3, -0.25) is 4.79 Å². The van der Waals surface area contributed by atoms with Crippen LogP contribution in [-0.4, -0.2) is 18.5 Å². The summed E-state index contributed by atoms with van der Waals surface area (Å²) in [5.41, 5.74) is 8.10. The SMILES string of the molecule is Cc1cccc(CC(CN)C(=O)NC2CC2)c1. The molecule has 0 aromatic heterocycles. The summed E-state index contributed by atoms with van der Waals surface area (Å²) in [6, 6.07) is 8.67. The van der Waals surface area contributed by atoms with Gasteiger partial charge in [0.15, 0.2) is 0 Å². The third-order valence-electron chi connectivity index (χ3n) is 3.14. The monoisotopic (exact) mass is 232 g/mol. The topological polar surface area (TPSA) is 55.1 Å². The van der Waals surface area contributed by atoms with Crippen LogP contribution in [0.3, 0.4) is 0 Å². The van der Waals surface area contributed by atoms with E-state index < -0.39 is 0 Å². The van der Waals surface area contributed by atoms with Gasteiger partial charge in [-0.2, -0.15) is 0 Å². The standard InChI is InChI=1S/C14H20N2O/c1-10-3-2-4-11(7-10)8-12(9-15)14(17)16-13-5-6-13/h2-4,7,12-13H,5-6,8-9,15H2,1H3,(H,16,17). The molecule has 3 heteroatoms. The number of amides is 1. The van der Waals surface area contributed by atoms with Crippen LogP contribution in [0.15, 0.2) is 24.3 Å². The lowest BCUT2D eigenvalue weighted by molar-refractivity contribution is -0.124. The van der Waals surface area contributed by atoms with Gasteiger partial charge >= 0.3 is 0 Å². The number of nitrogens with two attached hydrogens (primary N) is 1. The zero-order valence-corrected chi connectivity index (χ0v) is 10.3. The molecule has 0 heterocycles. The molecule has 92 valence electrons. The fraction of sp³-hybridized carbons (Fsp3) is 0.500. The Hall–Kier alpha value is -1.35. The van der Waals surface area contributed by atoms with E-state index in [1.807, 2.05) is 6.07 Å². The summed E-state index contributed by atoms with van der Waals surface area (Å²) in [7, 11) is 0. The molecule has 3 N–H and O–H groups in total. The van der Waals surface area contributed by atoms with Crippen LogP contribution in [0.1, 0.15) is 24.0 Å². The second-order valence-electron chi connectivity index (χ2n) is 4.91. The zero-order chi connectivity index (χ0) is 12.3. The number of hydrogen-bond acceptors (Lipinski definition) is 2. The molecule has 1 aliphatic rings. The smallest absolute Gasteiger partial charge is 0.224 e. The van der Waals surface area contributed by atoms with Crippen LogP contribution >= 0.6 is 0 Å². The summed E-state index contributed by atoms with van der Waals surface area (Å²) >= 11 is 0. The maximum atomic E-state index is 11.9. The molecule has 1 aliphatic carbocycles. The maximum absolute atomic E-state index is 11.9. The lowest BCUT2D eigenvalue weighted by Gasteiger charge is -2.15. The molecular weight excluding hydrogens is 212 g/mol. The Balaban J connectivity index is 1.95. The minimum atomic E-state index is -0.0996. The molecule has 1 atom stereocenters. The van der Waals surface area contributed by atoms with E-state index >= 15 is 0 Å². The Kier molecular flexibility index (Phi) is 3.79. The van der Waals surface area contributed by atoms with Crippen LogP contribution in [0.2, 0.25) is 0 Å². The molecule has 2 rings (SSSR count). The second kappa shape index (κ2) is 5.32. The molecule has 0 radical (unpaired) electrons. The van der Waals surface area contributed by atoms with Crippen LogP contribution in [0.4, 0.5) is 0 Å². The third kappa shape index (κ3) is 3.56. The molecule has 1 unspecified atom stereocenters. The largest absolute Gasteiger partial charge is 0.353 e. The van der Waals surface area contributed by atoms with Crippen molar-refractivity contribution in [2.75, 3.05) is 6.54 Å². The van der Waals surface area contributed by atoms with Crippen molar-refractivity contribution in [3.05, 3.63) is 35.4 Å². The first-order valence-corrected chi connectivity index (χ1v) is 6.25. The fourth-order valence-corrected chi connectivity index (χ4v) is 1.95. The van der Waals surface area contributed by atoms with Gasteiger partial charge in [-0.25, -0.2) is 0 Å². The summed E-state index contributed by atoms with van der Waals surface area (Å²) in [6.07, 6.45) is 2.97. The molecule has 17 heavy (non-hydrogen) atoms. The first-order chi connectivity index (χ1) is 8.19. The van der Waals surface area contributed by atoms with Gasteiger partial charge in [0.25, 0.3) is 0 Å². The van der Waals surface area contributed by atoms with E-state index in [4.69, 9.17) is 5.73 Å². The number of carbonyl (C=O) groups excluding carboxylic acids is 1. The average Bonchev–Trinajstić information content (AvgIpc) is 3.09. The predicted molar refractivity (Wildman–Crippen MR) is 68.6 cm³/mol. The third-order valence-corrected chi connectivity index (χ3v) is 3.14. The van der Waals surface area contributed by atoms with Crippen molar-refractivity contribution in [3.8, 4) is 0 Å². The normalized spacial score (nSPS) is 16.6. The molecular formula is C14H20N2O. The summed E-state index contributed by atoms with van der Waals surface area (Å²) in [6.45, 7) is 2.47. The summed E-state index contributed by atoms with van der Waals surface area (Å²) in [5.74, 6) is 0.00825. The fourth-order valence-electron chi connectivity index (χ4n) is 1.95. The van der Waals surface area contributed by atoms with E-state index in [0.29, 0.717) is 12.6 Å². The van der Waals surface area contributed by atoms with Crippen molar-refractivity contribution in [2.45, 2.75) is 32.2 Å². The van der Waals surface area contributed by atoms with Gasteiger partial charge in [-0.05, 0) is 31.7 Å². The Morgan fingerprint density at radius 1 is 1.53 bits per heavy atom. The van der Waals surface area contributed by atoms with Crippen LogP contribution in [0.25, 0.3) is 0 Å². The number of carbonyl (C=O) groups is 1.